The smallest absolute Gasteiger partial charge is 0.264 e. The third-order valence-corrected chi connectivity index (χ3v) is 3.29. The largest absolute Gasteiger partial charge is 0.483 e. The second-order valence-electron chi connectivity index (χ2n) is 4.72. The topological polar surface area (TPSA) is 48.2 Å². The number of nitrogens with zero attached hydrogens (tertiary/aromatic N) is 2. The summed E-state index contributed by atoms with van der Waals surface area (Å²) in [5.74, 6) is 1.13. The molecule has 0 amide bonds. The van der Waals surface area contributed by atoms with E-state index in [2.05, 4.69) is 10.1 Å². The molecule has 1 heterocycles. The van der Waals surface area contributed by atoms with Crippen molar-refractivity contribution in [2.24, 2.45) is 0 Å². The summed E-state index contributed by atoms with van der Waals surface area (Å²) in [6, 6.07) is 11.2. The Balaban J connectivity index is 1.70. The van der Waals surface area contributed by atoms with Crippen LogP contribution in [0.3, 0.4) is 0 Å². The number of hydrogen-bond acceptors (Lipinski definition) is 4. The van der Waals surface area contributed by atoms with E-state index in [1.165, 1.54) is 12.1 Å². The van der Waals surface area contributed by atoms with Crippen molar-refractivity contribution in [3.05, 3.63) is 64.8 Å². The first-order valence-electron chi connectivity index (χ1n) is 6.59. The lowest BCUT2D eigenvalue weighted by molar-refractivity contribution is 0.242. The molecule has 1 aromatic heterocycles. The molecular formula is C16H12ClFN2O2. The normalized spacial score (nSPS) is 10.7. The molecule has 0 aliphatic heterocycles. The van der Waals surface area contributed by atoms with Crippen LogP contribution in [0.2, 0.25) is 5.02 Å². The van der Waals surface area contributed by atoms with Crippen molar-refractivity contribution >= 4 is 11.6 Å². The molecule has 0 radical (unpaired) electrons. The first kappa shape index (κ1) is 14.5. The van der Waals surface area contributed by atoms with E-state index in [0.717, 1.165) is 5.56 Å². The SMILES string of the molecule is Cc1cc(Cl)ccc1OCc1nc(-c2ccc(F)cc2)no1. The molecule has 2 aromatic carbocycles. The highest BCUT2D eigenvalue weighted by Gasteiger charge is 2.10. The van der Waals surface area contributed by atoms with Crippen LogP contribution in [-0.4, -0.2) is 10.1 Å². The van der Waals surface area contributed by atoms with Crippen LogP contribution in [0.25, 0.3) is 11.4 Å². The average molecular weight is 319 g/mol. The summed E-state index contributed by atoms with van der Waals surface area (Å²) >= 11 is 5.89. The Kier molecular flexibility index (Phi) is 4.06. The lowest BCUT2D eigenvalue weighted by atomic mass is 10.2. The van der Waals surface area contributed by atoms with Crippen LogP contribution in [0.4, 0.5) is 4.39 Å². The first-order chi connectivity index (χ1) is 10.6. The molecular weight excluding hydrogens is 307 g/mol. The fourth-order valence-electron chi connectivity index (χ4n) is 1.94. The van der Waals surface area contributed by atoms with E-state index in [1.807, 2.05) is 13.0 Å². The van der Waals surface area contributed by atoms with Gasteiger partial charge in [0.1, 0.15) is 11.6 Å². The predicted molar refractivity (Wildman–Crippen MR) is 80.2 cm³/mol. The van der Waals surface area contributed by atoms with E-state index in [1.54, 1.807) is 24.3 Å². The molecule has 0 bridgehead atoms. The summed E-state index contributed by atoms with van der Waals surface area (Å²) < 4.78 is 23.6. The molecule has 0 fully saturated rings. The van der Waals surface area contributed by atoms with Crippen molar-refractivity contribution in [3.8, 4) is 17.1 Å². The Morgan fingerprint density at radius 1 is 1.18 bits per heavy atom. The van der Waals surface area contributed by atoms with Crippen LogP contribution < -0.4 is 4.74 Å². The molecule has 0 aliphatic carbocycles. The number of halogens is 2. The maximum absolute atomic E-state index is 12.9. The summed E-state index contributed by atoms with van der Waals surface area (Å²) in [7, 11) is 0. The van der Waals surface area contributed by atoms with Gasteiger partial charge in [0.25, 0.3) is 5.89 Å². The summed E-state index contributed by atoms with van der Waals surface area (Å²) in [6.07, 6.45) is 0. The van der Waals surface area contributed by atoms with Gasteiger partial charge in [0.2, 0.25) is 5.82 Å². The standard InChI is InChI=1S/C16H12ClFN2O2/c1-10-8-12(17)4-7-14(10)21-9-15-19-16(20-22-15)11-2-5-13(18)6-3-11/h2-8H,9H2,1H3. The van der Waals surface area contributed by atoms with E-state index < -0.39 is 0 Å². The number of hydrogen-bond donors (Lipinski definition) is 0. The zero-order chi connectivity index (χ0) is 15.5. The first-order valence-corrected chi connectivity index (χ1v) is 6.97. The van der Waals surface area contributed by atoms with E-state index >= 15 is 0 Å². The van der Waals surface area contributed by atoms with Crippen molar-refractivity contribution in [3.63, 3.8) is 0 Å². The van der Waals surface area contributed by atoms with Crippen LogP contribution in [0.15, 0.2) is 47.0 Å². The Labute approximate surface area is 131 Å². The van der Waals surface area contributed by atoms with Crippen LogP contribution in [0, 0.1) is 12.7 Å². The molecule has 0 unspecified atom stereocenters. The molecule has 4 nitrogen and oxygen atoms in total. The number of rotatable bonds is 4. The molecule has 0 N–H and O–H groups in total. The van der Waals surface area contributed by atoms with Gasteiger partial charge >= 0.3 is 0 Å². The molecule has 3 rings (SSSR count). The molecule has 0 aliphatic rings. The number of benzene rings is 2. The molecule has 0 atom stereocenters. The monoisotopic (exact) mass is 318 g/mol. The Morgan fingerprint density at radius 2 is 1.95 bits per heavy atom. The van der Waals surface area contributed by atoms with Crippen molar-refractivity contribution in [1.29, 1.82) is 0 Å². The molecule has 0 spiro atoms. The van der Waals surface area contributed by atoms with Crippen LogP contribution in [0.1, 0.15) is 11.5 Å². The highest BCUT2D eigenvalue weighted by Crippen LogP contribution is 2.23. The lowest BCUT2D eigenvalue weighted by Gasteiger charge is -2.06. The Bertz CT molecular complexity index is 787. The van der Waals surface area contributed by atoms with Gasteiger partial charge in [0, 0.05) is 10.6 Å². The minimum absolute atomic E-state index is 0.149. The summed E-state index contributed by atoms with van der Waals surface area (Å²) in [4.78, 5) is 4.22. The Hall–Kier alpha value is -2.40. The van der Waals surface area contributed by atoms with Crippen molar-refractivity contribution in [1.82, 2.24) is 10.1 Å². The van der Waals surface area contributed by atoms with Crippen molar-refractivity contribution < 1.29 is 13.7 Å². The second kappa shape index (κ2) is 6.15. The molecule has 112 valence electrons. The zero-order valence-electron chi connectivity index (χ0n) is 11.7. The van der Waals surface area contributed by atoms with E-state index in [0.29, 0.717) is 28.1 Å². The average Bonchev–Trinajstić information content (AvgIpc) is 2.96. The van der Waals surface area contributed by atoms with Crippen LogP contribution in [-0.2, 0) is 6.61 Å². The minimum atomic E-state index is -0.311. The third kappa shape index (κ3) is 3.26. The van der Waals surface area contributed by atoms with E-state index in [9.17, 15) is 4.39 Å². The highest BCUT2D eigenvalue weighted by molar-refractivity contribution is 6.30. The Morgan fingerprint density at radius 3 is 2.68 bits per heavy atom. The van der Waals surface area contributed by atoms with E-state index in [4.69, 9.17) is 20.9 Å². The molecule has 0 saturated carbocycles. The minimum Gasteiger partial charge on any atom is -0.483 e. The van der Waals surface area contributed by atoms with Gasteiger partial charge in [-0.1, -0.05) is 16.8 Å². The van der Waals surface area contributed by atoms with Gasteiger partial charge in [-0.3, -0.25) is 0 Å². The second-order valence-corrected chi connectivity index (χ2v) is 5.15. The van der Waals surface area contributed by atoms with Gasteiger partial charge in [0.15, 0.2) is 6.61 Å². The van der Waals surface area contributed by atoms with Gasteiger partial charge in [0.05, 0.1) is 0 Å². The van der Waals surface area contributed by atoms with Gasteiger partial charge < -0.3 is 9.26 Å². The van der Waals surface area contributed by atoms with Gasteiger partial charge in [-0.05, 0) is 55.0 Å². The lowest BCUT2D eigenvalue weighted by Crippen LogP contribution is -1.97. The van der Waals surface area contributed by atoms with Gasteiger partial charge in [-0.2, -0.15) is 4.98 Å². The fraction of sp³-hybridized carbons (Fsp3) is 0.125. The third-order valence-electron chi connectivity index (χ3n) is 3.06. The van der Waals surface area contributed by atoms with Gasteiger partial charge in [-0.25, -0.2) is 4.39 Å². The molecule has 6 heteroatoms. The predicted octanol–water partition coefficient (Wildman–Crippen LogP) is 4.42. The quantitative estimate of drug-likeness (QED) is 0.714. The molecule has 0 saturated heterocycles. The van der Waals surface area contributed by atoms with E-state index in [-0.39, 0.29) is 12.4 Å². The molecule has 3 aromatic rings. The molecule has 22 heavy (non-hydrogen) atoms. The van der Waals surface area contributed by atoms with Gasteiger partial charge in [-0.15, -0.1) is 0 Å². The van der Waals surface area contributed by atoms with Crippen LogP contribution >= 0.6 is 11.6 Å². The van der Waals surface area contributed by atoms with Crippen LogP contribution in [0.5, 0.6) is 5.75 Å². The highest BCUT2D eigenvalue weighted by atomic mass is 35.5. The number of ether oxygens (including phenoxy) is 1. The number of aromatic nitrogens is 2. The maximum Gasteiger partial charge on any atom is 0.264 e. The summed E-state index contributed by atoms with van der Waals surface area (Å²) in [6.45, 7) is 2.05. The van der Waals surface area contributed by atoms with Crippen molar-refractivity contribution in [2.45, 2.75) is 13.5 Å². The summed E-state index contributed by atoms with van der Waals surface area (Å²) in [5, 5.41) is 4.51. The maximum atomic E-state index is 12.9. The zero-order valence-corrected chi connectivity index (χ0v) is 12.5. The number of aryl methyl sites for hydroxylation is 1. The summed E-state index contributed by atoms with van der Waals surface area (Å²) in [5.41, 5.74) is 1.60. The van der Waals surface area contributed by atoms with Crippen molar-refractivity contribution in [2.75, 3.05) is 0 Å². The fourth-order valence-corrected chi connectivity index (χ4v) is 2.17.